The van der Waals surface area contributed by atoms with Crippen LogP contribution in [0.3, 0.4) is 0 Å². The summed E-state index contributed by atoms with van der Waals surface area (Å²) in [7, 11) is 0. The van der Waals surface area contributed by atoms with Gasteiger partial charge in [-0.1, -0.05) is 26.0 Å². The zero-order valence-electron chi connectivity index (χ0n) is 10.7. The molecule has 0 fully saturated rings. The second-order valence-corrected chi connectivity index (χ2v) is 5.80. The van der Waals surface area contributed by atoms with E-state index in [4.69, 9.17) is 5.84 Å². The third-order valence-electron chi connectivity index (χ3n) is 2.89. The Balaban J connectivity index is 2.59. The highest BCUT2D eigenvalue weighted by atomic mass is 32.2. The fourth-order valence-electron chi connectivity index (χ4n) is 1.54. The van der Waals surface area contributed by atoms with Crippen molar-refractivity contribution in [3.05, 3.63) is 35.4 Å². The lowest BCUT2D eigenvalue weighted by molar-refractivity contribution is 0.486. The zero-order chi connectivity index (χ0) is 13.5. The molecule has 0 saturated heterocycles. The first-order valence-corrected chi connectivity index (χ1v) is 7.14. The van der Waals surface area contributed by atoms with E-state index in [1.54, 1.807) is 17.8 Å². The predicted octanol–water partition coefficient (Wildman–Crippen LogP) is 2.87. The first-order valence-electron chi connectivity index (χ1n) is 6.09. The molecule has 0 spiro atoms. The maximum absolute atomic E-state index is 13.5. The fourth-order valence-corrected chi connectivity index (χ4v) is 2.55. The van der Waals surface area contributed by atoms with Gasteiger partial charge in [-0.05, 0) is 24.5 Å². The number of halogens is 2. The lowest BCUT2D eigenvalue weighted by atomic mass is 10.1. The Hall–Kier alpha value is -0.650. The van der Waals surface area contributed by atoms with Crippen molar-refractivity contribution in [3.8, 4) is 0 Å². The summed E-state index contributed by atoms with van der Waals surface area (Å²) in [5.74, 6) is 4.66. The molecule has 2 nitrogen and oxygen atoms in total. The van der Waals surface area contributed by atoms with Crippen molar-refractivity contribution in [3.63, 3.8) is 0 Å². The highest BCUT2D eigenvalue weighted by Crippen LogP contribution is 2.18. The molecule has 0 aliphatic heterocycles. The van der Waals surface area contributed by atoms with Crippen LogP contribution in [0.1, 0.15) is 25.8 Å². The molecular formula is C13H20F2N2S. The van der Waals surface area contributed by atoms with Crippen LogP contribution in [0, 0.1) is 11.6 Å². The molecule has 1 aromatic rings. The molecule has 102 valence electrons. The summed E-state index contributed by atoms with van der Waals surface area (Å²) in [6, 6.07) is 4.18. The maximum atomic E-state index is 13.5. The van der Waals surface area contributed by atoms with Gasteiger partial charge >= 0.3 is 0 Å². The number of thioether (sulfide) groups is 1. The van der Waals surface area contributed by atoms with E-state index in [2.05, 4.69) is 19.3 Å². The van der Waals surface area contributed by atoms with Gasteiger partial charge in [-0.25, -0.2) is 8.78 Å². The number of hydrogen-bond acceptors (Lipinski definition) is 3. The van der Waals surface area contributed by atoms with Gasteiger partial charge in [0.1, 0.15) is 0 Å². The lowest BCUT2D eigenvalue weighted by Gasteiger charge is -2.18. The van der Waals surface area contributed by atoms with Gasteiger partial charge in [0, 0.05) is 17.0 Å². The predicted molar refractivity (Wildman–Crippen MR) is 73.4 cm³/mol. The first kappa shape index (κ1) is 15.4. The summed E-state index contributed by atoms with van der Waals surface area (Å²) in [5, 5.41) is 0.540. The number of nitrogens with one attached hydrogen (secondary N) is 1. The third-order valence-corrected chi connectivity index (χ3v) is 4.39. The molecule has 5 heteroatoms. The van der Waals surface area contributed by atoms with E-state index in [0.717, 1.165) is 18.2 Å². The molecule has 1 aromatic carbocycles. The second kappa shape index (κ2) is 7.71. The Morgan fingerprint density at radius 1 is 1.39 bits per heavy atom. The summed E-state index contributed by atoms with van der Waals surface area (Å²) in [6.45, 7) is 4.26. The lowest BCUT2D eigenvalue weighted by Crippen LogP contribution is -2.39. The van der Waals surface area contributed by atoms with Crippen molar-refractivity contribution in [1.82, 2.24) is 5.43 Å². The van der Waals surface area contributed by atoms with Crippen molar-refractivity contribution in [1.29, 1.82) is 0 Å². The van der Waals surface area contributed by atoms with E-state index in [-0.39, 0.29) is 6.04 Å². The smallest absolute Gasteiger partial charge is 0.162 e. The molecule has 18 heavy (non-hydrogen) atoms. The summed E-state index contributed by atoms with van der Waals surface area (Å²) in [6.07, 6.45) is 1.47. The summed E-state index contributed by atoms with van der Waals surface area (Å²) in [4.78, 5) is 0. The van der Waals surface area contributed by atoms with Crippen molar-refractivity contribution in [2.75, 3.05) is 5.75 Å². The van der Waals surface area contributed by atoms with Crippen LogP contribution in [0.2, 0.25) is 0 Å². The normalized spacial score (nSPS) is 14.5. The average molecular weight is 274 g/mol. The Labute approximate surface area is 111 Å². The molecule has 0 saturated carbocycles. The third kappa shape index (κ3) is 4.55. The Morgan fingerprint density at radius 3 is 2.72 bits per heavy atom. The van der Waals surface area contributed by atoms with Crippen LogP contribution in [0.5, 0.6) is 0 Å². The zero-order valence-corrected chi connectivity index (χ0v) is 11.6. The van der Waals surface area contributed by atoms with E-state index in [1.807, 2.05) is 0 Å². The molecule has 2 unspecified atom stereocenters. The van der Waals surface area contributed by atoms with E-state index in [0.29, 0.717) is 17.2 Å². The van der Waals surface area contributed by atoms with Crippen LogP contribution >= 0.6 is 11.8 Å². The van der Waals surface area contributed by atoms with Gasteiger partial charge < -0.3 is 0 Å². The molecule has 0 aliphatic carbocycles. The molecular weight excluding hydrogens is 254 g/mol. The van der Waals surface area contributed by atoms with Crippen molar-refractivity contribution < 1.29 is 8.78 Å². The second-order valence-electron chi connectivity index (χ2n) is 4.33. The monoisotopic (exact) mass is 274 g/mol. The summed E-state index contributed by atoms with van der Waals surface area (Å²) < 4.78 is 26.6. The van der Waals surface area contributed by atoms with Gasteiger partial charge in [0.05, 0.1) is 0 Å². The summed E-state index contributed by atoms with van der Waals surface area (Å²) in [5.41, 5.74) is 3.03. The molecule has 2 atom stereocenters. The molecule has 3 N–H and O–H groups in total. The van der Waals surface area contributed by atoms with Crippen molar-refractivity contribution >= 4 is 11.8 Å². The Morgan fingerprint density at radius 2 is 2.11 bits per heavy atom. The highest BCUT2D eigenvalue weighted by Gasteiger charge is 2.14. The minimum atomic E-state index is -0.808. The standard InChI is InChI=1S/C13H20F2N2S/c1-3-9(2)18-8-11(17-16)7-10-5-4-6-12(14)13(10)15/h4-6,9,11,17H,3,7-8,16H2,1-2H3. The number of hydrazine groups is 1. The van der Waals surface area contributed by atoms with E-state index in [1.165, 1.54) is 6.07 Å². The van der Waals surface area contributed by atoms with Crippen LogP contribution in [0.4, 0.5) is 8.78 Å². The van der Waals surface area contributed by atoms with Crippen LogP contribution in [0.25, 0.3) is 0 Å². The van der Waals surface area contributed by atoms with Gasteiger partial charge in [-0.15, -0.1) is 0 Å². The van der Waals surface area contributed by atoms with Crippen LogP contribution < -0.4 is 11.3 Å². The molecule has 0 aliphatic rings. The molecule has 1 rings (SSSR count). The average Bonchev–Trinajstić information content (AvgIpc) is 2.38. The van der Waals surface area contributed by atoms with Gasteiger partial charge in [0.2, 0.25) is 0 Å². The Kier molecular flexibility index (Phi) is 6.60. The van der Waals surface area contributed by atoms with Crippen LogP contribution in [0.15, 0.2) is 18.2 Å². The Bertz CT molecular complexity index is 374. The van der Waals surface area contributed by atoms with Gasteiger partial charge in [0.25, 0.3) is 0 Å². The number of hydrogen-bond donors (Lipinski definition) is 2. The number of nitrogens with two attached hydrogens (primary N) is 1. The van der Waals surface area contributed by atoms with Gasteiger partial charge in [0.15, 0.2) is 11.6 Å². The topological polar surface area (TPSA) is 38.0 Å². The van der Waals surface area contributed by atoms with E-state index >= 15 is 0 Å². The van der Waals surface area contributed by atoms with Gasteiger partial charge in [-0.3, -0.25) is 11.3 Å². The quantitative estimate of drug-likeness (QED) is 0.593. The largest absolute Gasteiger partial charge is 0.271 e. The van der Waals surface area contributed by atoms with E-state index in [9.17, 15) is 8.78 Å². The summed E-state index contributed by atoms with van der Waals surface area (Å²) >= 11 is 1.78. The maximum Gasteiger partial charge on any atom is 0.162 e. The number of rotatable bonds is 7. The molecule has 0 aromatic heterocycles. The van der Waals surface area contributed by atoms with Crippen molar-refractivity contribution in [2.24, 2.45) is 5.84 Å². The minimum Gasteiger partial charge on any atom is -0.271 e. The number of benzene rings is 1. The molecule has 0 amide bonds. The van der Waals surface area contributed by atoms with Crippen LogP contribution in [-0.4, -0.2) is 17.0 Å². The molecule has 0 heterocycles. The van der Waals surface area contributed by atoms with Crippen LogP contribution in [-0.2, 0) is 6.42 Å². The molecule has 0 bridgehead atoms. The van der Waals surface area contributed by atoms with Crippen molar-refractivity contribution in [2.45, 2.75) is 38.0 Å². The first-order chi connectivity index (χ1) is 8.58. The SMILES string of the molecule is CCC(C)SCC(Cc1cccc(F)c1F)NN. The molecule has 0 radical (unpaired) electrons. The van der Waals surface area contributed by atoms with Gasteiger partial charge in [-0.2, -0.15) is 11.8 Å². The highest BCUT2D eigenvalue weighted by molar-refractivity contribution is 7.99. The fraction of sp³-hybridized carbons (Fsp3) is 0.538. The van der Waals surface area contributed by atoms with E-state index < -0.39 is 11.6 Å². The minimum absolute atomic E-state index is 0.0553.